The minimum Gasteiger partial charge on any atom is -0.457 e. The number of para-hydroxylation sites is 1. The van der Waals surface area contributed by atoms with E-state index < -0.39 is 0 Å². The summed E-state index contributed by atoms with van der Waals surface area (Å²) in [6.45, 7) is 13.1. The Labute approximate surface area is 264 Å². The number of hydrogen-bond acceptors (Lipinski definition) is 4. The summed E-state index contributed by atoms with van der Waals surface area (Å²) in [6.07, 6.45) is 1.90. The molecule has 0 aliphatic rings. The minimum absolute atomic E-state index is 0.00779. The molecule has 0 spiro atoms. The van der Waals surface area contributed by atoms with Crippen LogP contribution in [-0.4, -0.2) is 24.3 Å². The van der Waals surface area contributed by atoms with E-state index in [0.717, 1.165) is 50.9 Å². The van der Waals surface area contributed by atoms with E-state index >= 15 is 0 Å². The van der Waals surface area contributed by atoms with Gasteiger partial charge in [0.05, 0.1) is 16.7 Å². The van der Waals surface area contributed by atoms with Gasteiger partial charge in [0.2, 0.25) is 0 Å². The first-order valence-electron chi connectivity index (χ1n) is 15.4. The average Bonchev–Trinajstić information content (AvgIpc) is 3.62. The van der Waals surface area contributed by atoms with Crippen LogP contribution < -0.4 is 4.74 Å². The lowest BCUT2D eigenvalue weighted by Gasteiger charge is -2.20. The summed E-state index contributed by atoms with van der Waals surface area (Å²) in [7, 11) is 0. The Bertz CT molecular complexity index is 2160. The van der Waals surface area contributed by atoms with E-state index in [1.807, 2.05) is 59.4 Å². The molecule has 0 aliphatic carbocycles. The lowest BCUT2D eigenvalue weighted by atomic mass is 9.88. The molecular weight excluding hydrogens is 554 g/mol. The standard InChI is InChI=1S/C39H37N5O/c1-38(2,3)27-21-22-40-35(23-27)43-33-18-11-10-17-31(33)32-20-19-30(25-34(32)43)45-29-16-12-15-28(24-29)44-36(26-13-8-7-9-14-26)41-37(42-44)39(4,5)6/h7-25H,1-6H3. The Morgan fingerprint density at radius 2 is 1.36 bits per heavy atom. The van der Waals surface area contributed by atoms with Gasteiger partial charge in [-0.2, -0.15) is 5.10 Å². The van der Waals surface area contributed by atoms with Crippen molar-refractivity contribution in [3.63, 3.8) is 0 Å². The Morgan fingerprint density at radius 3 is 2.13 bits per heavy atom. The summed E-state index contributed by atoms with van der Waals surface area (Å²) in [6, 6.07) is 37.3. The molecule has 3 aromatic heterocycles. The molecule has 3 heterocycles. The van der Waals surface area contributed by atoms with Crippen molar-refractivity contribution in [1.82, 2.24) is 24.3 Å². The summed E-state index contributed by atoms with van der Waals surface area (Å²) >= 11 is 0. The number of rotatable bonds is 5. The molecule has 0 unspecified atom stereocenters. The van der Waals surface area contributed by atoms with Crippen LogP contribution >= 0.6 is 0 Å². The van der Waals surface area contributed by atoms with Gasteiger partial charge >= 0.3 is 0 Å². The topological polar surface area (TPSA) is 57.8 Å². The molecule has 4 aromatic carbocycles. The van der Waals surface area contributed by atoms with Gasteiger partial charge in [-0.25, -0.2) is 14.6 Å². The maximum Gasteiger partial charge on any atom is 0.163 e. The van der Waals surface area contributed by atoms with Crippen LogP contribution in [0, 0.1) is 0 Å². The van der Waals surface area contributed by atoms with E-state index in [1.54, 1.807) is 0 Å². The molecule has 0 N–H and O–H groups in total. The lowest BCUT2D eigenvalue weighted by Crippen LogP contribution is -2.14. The van der Waals surface area contributed by atoms with Crippen LogP contribution in [0.4, 0.5) is 0 Å². The molecule has 224 valence electrons. The normalized spacial score (nSPS) is 12.2. The zero-order valence-corrected chi connectivity index (χ0v) is 26.6. The molecule has 0 aliphatic heterocycles. The summed E-state index contributed by atoms with van der Waals surface area (Å²) in [5.74, 6) is 3.94. The highest BCUT2D eigenvalue weighted by molar-refractivity contribution is 6.09. The summed E-state index contributed by atoms with van der Waals surface area (Å²) in [5.41, 5.74) is 5.09. The lowest BCUT2D eigenvalue weighted by molar-refractivity contribution is 0.482. The maximum atomic E-state index is 6.54. The van der Waals surface area contributed by atoms with Crippen LogP contribution in [0.1, 0.15) is 52.9 Å². The molecule has 0 saturated heterocycles. The Balaban J connectivity index is 1.31. The fourth-order valence-electron chi connectivity index (χ4n) is 5.67. The molecule has 6 heteroatoms. The van der Waals surface area contributed by atoms with Crippen LogP contribution in [-0.2, 0) is 10.8 Å². The van der Waals surface area contributed by atoms with E-state index in [1.165, 1.54) is 10.9 Å². The average molecular weight is 592 g/mol. The van der Waals surface area contributed by atoms with E-state index in [2.05, 4.69) is 107 Å². The second-order valence-corrected chi connectivity index (χ2v) is 13.6. The van der Waals surface area contributed by atoms with Gasteiger partial charge < -0.3 is 4.74 Å². The monoisotopic (exact) mass is 591 g/mol. The van der Waals surface area contributed by atoms with Crippen molar-refractivity contribution in [3.8, 4) is 34.4 Å². The quantitative estimate of drug-likeness (QED) is 0.200. The fraction of sp³-hybridized carbons (Fsp3) is 0.205. The van der Waals surface area contributed by atoms with Crippen molar-refractivity contribution in [1.29, 1.82) is 0 Å². The zero-order valence-electron chi connectivity index (χ0n) is 26.6. The molecule has 0 atom stereocenters. The molecule has 0 bridgehead atoms. The molecular formula is C39H37N5O. The van der Waals surface area contributed by atoms with Gasteiger partial charge in [0.1, 0.15) is 17.3 Å². The number of pyridine rings is 1. The fourth-order valence-corrected chi connectivity index (χ4v) is 5.67. The Kier molecular flexibility index (Phi) is 6.81. The third-order valence-electron chi connectivity index (χ3n) is 8.09. The smallest absolute Gasteiger partial charge is 0.163 e. The number of benzene rings is 4. The highest BCUT2D eigenvalue weighted by Gasteiger charge is 2.24. The predicted molar refractivity (Wildman–Crippen MR) is 183 cm³/mol. The number of aromatic nitrogens is 5. The van der Waals surface area contributed by atoms with E-state index in [0.29, 0.717) is 5.75 Å². The predicted octanol–water partition coefficient (Wildman–Crippen LogP) is 9.81. The van der Waals surface area contributed by atoms with Gasteiger partial charge in [0.15, 0.2) is 11.6 Å². The van der Waals surface area contributed by atoms with Crippen molar-refractivity contribution in [2.45, 2.75) is 52.4 Å². The Hall–Kier alpha value is -5.23. The molecule has 0 amide bonds. The number of nitrogens with zero attached hydrogens (tertiary/aromatic N) is 5. The number of fused-ring (bicyclic) bond motifs is 3. The van der Waals surface area contributed by atoms with Crippen LogP contribution in [0.25, 0.3) is 44.7 Å². The van der Waals surface area contributed by atoms with Crippen molar-refractivity contribution in [2.24, 2.45) is 0 Å². The molecule has 6 nitrogen and oxygen atoms in total. The molecule has 0 fully saturated rings. The van der Waals surface area contributed by atoms with Crippen molar-refractivity contribution in [3.05, 3.63) is 127 Å². The summed E-state index contributed by atoms with van der Waals surface area (Å²) in [4.78, 5) is 9.77. The molecule has 7 rings (SSSR count). The van der Waals surface area contributed by atoms with E-state index in [4.69, 9.17) is 19.8 Å². The molecule has 0 radical (unpaired) electrons. The summed E-state index contributed by atoms with van der Waals surface area (Å²) < 4.78 is 10.7. The zero-order chi connectivity index (χ0) is 31.3. The second kappa shape index (κ2) is 10.7. The van der Waals surface area contributed by atoms with Gasteiger partial charge in [-0.1, -0.05) is 96.1 Å². The SMILES string of the molecule is CC(C)(C)c1ccnc(-n2c3ccccc3c3ccc(Oc4cccc(-n5nc(C(C)(C)C)nc5-c5ccccc5)c4)cc32)c1. The van der Waals surface area contributed by atoms with Crippen LogP contribution in [0.5, 0.6) is 11.5 Å². The van der Waals surface area contributed by atoms with E-state index in [-0.39, 0.29) is 10.8 Å². The van der Waals surface area contributed by atoms with Crippen molar-refractivity contribution in [2.75, 3.05) is 0 Å². The highest BCUT2D eigenvalue weighted by atomic mass is 16.5. The Morgan fingerprint density at radius 1 is 0.622 bits per heavy atom. The summed E-state index contributed by atoms with van der Waals surface area (Å²) in [5, 5.41) is 7.28. The van der Waals surface area contributed by atoms with Crippen LogP contribution in [0.15, 0.2) is 115 Å². The van der Waals surface area contributed by atoms with Gasteiger partial charge in [0, 0.05) is 40.1 Å². The molecule has 45 heavy (non-hydrogen) atoms. The van der Waals surface area contributed by atoms with Gasteiger partial charge in [0.25, 0.3) is 0 Å². The van der Waals surface area contributed by atoms with E-state index in [9.17, 15) is 0 Å². The van der Waals surface area contributed by atoms with Gasteiger partial charge in [-0.05, 0) is 53.4 Å². The van der Waals surface area contributed by atoms with Crippen LogP contribution in [0.2, 0.25) is 0 Å². The first-order chi connectivity index (χ1) is 21.6. The maximum absolute atomic E-state index is 6.54. The van der Waals surface area contributed by atoms with Crippen molar-refractivity contribution < 1.29 is 4.74 Å². The van der Waals surface area contributed by atoms with Crippen LogP contribution in [0.3, 0.4) is 0 Å². The molecule has 0 saturated carbocycles. The third kappa shape index (κ3) is 5.37. The van der Waals surface area contributed by atoms with Gasteiger partial charge in [-0.3, -0.25) is 4.57 Å². The number of hydrogen-bond donors (Lipinski definition) is 0. The largest absolute Gasteiger partial charge is 0.457 e. The highest BCUT2D eigenvalue weighted by Crippen LogP contribution is 2.36. The third-order valence-corrected chi connectivity index (χ3v) is 8.09. The first kappa shape index (κ1) is 28.5. The minimum atomic E-state index is -0.196. The molecule has 7 aromatic rings. The van der Waals surface area contributed by atoms with Crippen molar-refractivity contribution >= 4 is 21.8 Å². The number of ether oxygens (including phenoxy) is 1. The first-order valence-corrected chi connectivity index (χ1v) is 15.4. The second-order valence-electron chi connectivity index (χ2n) is 13.6. The van der Waals surface area contributed by atoms with Gasteiger partial charge in [-0.15, -0.1) is 0 Å².